The highest BCUT2D eigenvalue weighted by atomic mass is 19.4. The Balaban J connectivity index is 1.31. The standard InChI is InChI=1S/C27H33F3N6O3/c1-14(2)36-20(9-10-33-36)24(37)35-23(21(15-3-4-15)16-5-6-16)26(39)34-18-7-8-19-17(11-18)12-31-22(19)25(38)32-13-27(28,29)30/h7-11,14-16,21-23,31H,3-6,12-13H2,1-2H3,(H,32,38)(H,34,39)(H,35,37)/t22-,23+/m1/s1. The van der Waals surface area contributed by atoms with Crippen LogP contribution in [0.2, 0.25) is 0 Å². The Morgan fingerprint density at radius 1 is 1.10 bits per heavy atom. The van der Waals surface area contributed by atoms with Gasteiger partial charge in [-0.15, -0.1) is 0 Å². The Hall–Kier alpha value is -3.41. The first-order chi connectivity index (χ1) is 18.5. The van der Waals surface area contributed by atoms with E-state index in [9.17, 15) is 27.6 Å². The van der Waals surface area contributed by atoms with E-state index in [1.54, 1.807) is 35.1 Å². The molecule has 0 spiro atoms. The highest BCUT2D eigenvalue weighted by Crippen LogP contribution is 2.51. The predicted octanol–water partition coefficient (Wildman–Crippen LogP) is 3.46. The van der Waals surface area contributed by atoms with Crippen molar-refractivity contribution in [3.8, 4) is 0 Å². The molecule has 3 amide bonds. The molecule has 2 saturated carbocycles. The molecule has 2 aromatic rings. The molecule has 1 aromatic carbocycles. The van der Waals surface area contributed by atoms with Crippen molar-refractivity contribution in [3.63, 3.8) is 0 Å². The van der Waals surface area contributed by atoms with Gasteiger partial charge in [-0.25, -0.2) is 0 Å². The van der Waals surface area contributed by atoms with E-state index >= 15 is 0 Å². The minimum Gasteiger partial charge on any atom is -0.345 e. The fourth-order valence-corrected chi connectivity index (χ4v) is 5.53. The molecule has 9 nitrogen and oxygen atoms in total. The largest absolute Gasteiger partial charge is 0.405 e. The maximum Gasteiger partial charge on any atom is 0.405 e. The monoisotopic (exact) mass is 546 g/mol. The van der Waals surface area contributed by atoms with Gasteiger partial charge in [0.15, 0.2) is 0 Å². The van der Waals surface area contributed by atoms with Crippen LogP contribution >= 0.6 is 0 Å². The van der Waals surface area contributed by atoms with Crippen LogP contribution in [-0.4, -0.2) is 46.3 Å². The maximum atomic E-state index is 13.7. The van der Waals surface area contributed by atoms with Gasteiger partial charge >= 0.3 is 6.18 Å². The van der Waals surface area contributed by atoms with E-state index in [0.29, 0.717) is 34.3 Å². The van der Waals surface area contributed by atoms with E-state index < -0.39 is 30.7 Å². The highest BCUT2D eigenvalue weighted by Gasteiger charge is 2.48. The van der Waals surface area contributed by atoms with Gasteiger partial charge < -0.3 is 16.0 Å². The van der Waals surface area contributed by atoms with Crippen molar-refractivity contribution in [1.82, 2.24) is 25.7 Å². The zero-order valence-electron chi connectivity index (χ0n) is 21.8. The normalized spacial score (nSPS) is 19.6. The first-order valence-corrected chi connectivity index (χ1v) is 13.4. The fraction of sp³-hybridized carbons (Fsp3) is 0.556. The average Bonchev–Trinajstić information content (AvgIpc) is 3.80. The number of hydrogen-bond donors (Lipinski definition) is 4. The van der Waals surface area contributed by atoms with Gasteiger partial charge in [-0.1, -0.05) is 6.07 Å². The molecule has 0 bridgehead atoms. The second-order valence-corrected chi connectivity index (χ2v) is 11.0. The average molecular weight is 547 g/mol. The molecule has 3 aliphatic rings. The van der Waals surface area contributed by atoms with E-state index in [1.807, 2.05) is 19.2 Å². The number of nitrogens with one attached hydrogen (secondary N) is 4. The zero-order valence-corrected chi connectivity index (χ0v) is 21.8. The van der Waals surface area contributed by atoms with Gasteiger partial charge in [-0.05, 0) is 86.6 Å². The molecular formula is C27H33F3N6O3. The van der Waals surface area contributed by atoms with Crippen LogP contribution in [-0.2, 0) is 16.1 Å². The molecule has 0 saturated heterocycles. The number of halogens is 3. The summed E-state index contributed by atoms with van der Waals surface area (Å²) in [5, 5.41) is 15.0. The van der Waals surface area contributed by atoms with Crippen LogP contribution in [0, 0.1) is 17.8 Å². The van der Waals surface area contributed by atoms with Gasteiger partial charge in [0.25, 0.3) is 5.91 Å². The van der Waals surface area contributed by atoms with Crippen LogP contribution in [0.1, 0.15) is 73.2 Å². The Labute approximate surface area is 224 Å². The zero-order chi connectivity index (χ0) is 27.9. The third-order valence-electron chi connectivity index (χ3n) is 7.62. The number of anilines is 1. The third-order valence-corrected chi connectivity index (χ3v) is 7.62. The lowest BCUT2D eigenvalue weighted by molar-refractivity contribution is -0.139. The van der Waals surface area contributed by atoms with Crippen LogP contribution < -0.4 is 21.3 Å². The van der Waals surface area contributed by atoms with Crippen molar-refractivity contribution in [2.24, 2.45) is 17.8 Å². The number of benzene rings is 1. The molecule has 2 aliphatic carbocycles. The SMILES string of the molecule is CC(C)n1nccc1C(=O)N[C@H](C(=O)Nc1ccc2c(c1)CN[C@H]2C(=O)NCC(F)(F)F)C(C1CC1)C1CC1. The lowest BCUT2D eigenvalue weighted by Gasteiger charge is -2.28. The summed E-state index contributed by atoms with van der Waals surface area (Å²) in [5.41, 5.74) is 2.16. The Morgan fingerprint density at radius 3 is 2.41 bits per heavy atom. The molecule has 0 radical (unpaired) electrons. The predicted molar refractivity (Wildman–Crippen MR) is 137 cm³/mol. The van der Waals surface area contributed by atoms with Gasteiger partial charge in [0.1, 0.15) is 24.3 Å². The summed E-state index contributed by atoms with van der Waals surface area (Å²) in [6.45, 7) is 2.73. The maximum absolute atomic E-state index is 13.7. The van der Waals surface area contributed by atoms with Crippen molar-refractivity contribution in [3.05, 3.63) is 47.3 Å². The lowest BCUT2D eigenvalue weighted by atomic mass is 9.88. The summed E-state index contributed by atoms with van der Waals surface area (Å²) in [5.74, 6) is -0.593. The van der Waals surface area contributed by atoms with Crippen molar-refractivity contribution < 1.29 is 27.6 Å². The number of hydrogen-bond acceptors (Lipinski definition) is 5. The molecule has 2 fully saturated rings. The van der Waals surface area contributed by atoms with Crippen LogP contribution in [0.15, 0.2) is 30.5 Å². The summed E-state index contributed by atoms with van der Waals surface area (Å²) in [4.78, 5) is 39.2. The van der Waals surface area contributed by atoms with Crippen LogP contribution in [0.5, 0.6) is 0 Å². The number of carbonyl (C=O) groups is 3. The van der Waals surface area contributed by atoms with Gasteiger partial charge in [-0.3, -0.25) is 24.4 Å². The van der Waals surface area contributed by atoms with Crippen molar-refractivity contribution in [2.45, 2.75) is 70.4 Å². The first kappa shape index (κ1) is 27.2. The summed E-state index contributed by atoms with van der Waals surface area (Å²) < 4.78 is 39.2. The highest BCUT2D eigenvalue weighted by molar-refractivity contribution is 6.01. The number of fused-ring (bicyclic) bond motifs is 1. The summed E-state index contributed by atoms with van der Waals surface area (Å²) >= 11 is 0. The quantitative estimate of drug-likeness (QED) is 0.364. The Morgan fingerprint density at radius 2 is 1.79 bits per heavy atom. The number of rotatable bonds is 10. The smallest absolute Gasteiger partial charge is 0.345 e. The second-order valence-electron chi connectivity index (χ2n) is 11.0. The minimum absolute atomic E-state index is 0.0184. The van der Waals surface area contributed by atoms with E-state index in [0.717, 1.165) is 25.7 Å². The van der Waals surface area contributed by atoms with E-state index in [1.165, 1.54) is 0 Å². The number of nitrogens with zero attached hydrogens (tertiary/aromatic N) is 2. The molecule has 2 atom stereocenters. The van der Waals surface area contributed by atoms with Crippen LogP contribution in [0.3, 0.4) is 0 Å². The van der Waals surface area contributed by atoms with Gasteiger partial charge in [0.2, 0.25) is 11.8 Å². The topological polar surface area (TPSA) is 117 Å². The fourth-order valence-electron chi connectivity index (χ4n) is 5.53. The van der Waals surface area contributed by atoms with Crippen molar-refractivity contribution >= 4 is 23.4 Å². The second kappa shape index (κ2) is 10.6. The van der Waals surface area contributed by atoms with Crippen LogP contribution in [0.4, 0.5) is 18.9 Å². The van der Waals surface area contributed by atoms with E-state index in [-0.39, 0.29) is 30.3 Å². The number of carbonyl (C=O) groups excluding carboxylic acids is 3. The molecule has 1 aromatic heterocycles. The van der Waals surface area contributed by atoms with Crippen LogP contribution in [0.25, 0.3) is 0 Å². The van der Waals surface area contributed by atoms with Crippen molar-refractivity contribution in [1.29, 1.82) is 0 Å². The Bertz CT molecular complexity index is 1240. The van der Waals surface area contributed by atoms with E-state index in [2.05, 4.69) is 21.0 Å². The molecule has 5 rings (SSSR count). The number of alkyl halides is 3. The molecule has 4 N–H and O–H groups in total. The molecular weight excluding hydrogens is 513 g/mol. The summed E-state index contributed by atoms with van der Waals surface area (Å²) in [6.07, 6.45) is 1.21. The van der Waals surface area contributed by atoms with E-state index in [4.69, 9.17) is 0 Å². The Kier molecular flexibility index (Phi) is 7.41. The molecule has 2 heterocycles. The molecule has 39 heavy (non-hydrogen) atoms. The van der Waals surface area contributed by atoms with Gasteiger partial charge in [-0.2, -0.15) is 18.3 Å². The summed E-state index contributed by atoms with van der Waals surface area (Å²) in [7, 11) is 0. The minimum atomic E-state index is -4.50. The molecule has 0 unspecified atom stereocenters. The lowest BCUT2D eigenvalue weighted by Crippen LogP contribution is -2.50. The van der Waals surface area contributed by atoms with Crippen molar-refractivity contribution in [2.75, 3.05) is 11.9 Å². The number of aromatic nitrogens is 2. The van der Waals surface area contributed by atoms with Gasteiger partial charge in [0.05, 0.1) is 0 Å². The third kappa shape index (κ3) is 6.26. The molecule has 210 valence electrons. The summed E-state index contributed by atoms with van der Waals surface area (Å²) in [6, 6.07) is 4.98. The number of amides is 3. The molecule has 12 heteroatoms. The molecule has 1 aliphatic heterocycles. The van der Waals surface area contributed by atoms with Gasteiger partial charge in [0, 0.05) is 24.5 Å². The first-order valence-electron chi connectivity index (χ1n) is 13.4.